The van der Waals surface area contributed by atoms with Gasteiger partial charge in [0.25, 0.3) is 0 Å². The summed E-state index contributed by atoms with van der Waals surface area (Å²) in [6.07, 6.45) is 0. The normalized spacial score (nSPS) is 11.1. The molecule has 0 unspecified atom stereocenters. The number of primary sulfonamides is 1. The van der Waals surface area contributed by atoms with Gasteiger partial charge in [-0.15, -0.1) is 0 Å². The highest BCUT2D eigenvalue weighted by Crippen LogP contribution is 2.31. The summed E-state index contributed by atoms with van der Waals surface area (Å²) < 4.78 is 33.7. The minimum Gasteiger partial charge on any atom is -0.494 e. The highest BCUT2D eigenvalue weighted by atomic mass is 32.2. The van der Waals surface area contributed by atoms with Crippen molar-refractivity contribution in [1.82, 2.24) is 0 Å². The Bertz CT molecular complexity index is 744. The lowest BCUT2D eigenvalue weighted by Crippen LogP contribution is -2.12. The number of nitrogen functional groups attached to an aromatic ring is 1. The zero-order valence-electron chi connectivity index (χ0n) is 11.4. The summed E-state index contributed by atoms with van der Waals surface area (Å²) in [4.78, 5) is -0.0623. The molecule has 2 aromatic carbocycles. The van der Waals surface area contributed by atoms with E-state index in [9.17, 15) is 8.42 Å². The van der Waals surface area contributed by atoms with Crippen LogP contribution in [0.1, 0.15) is 6.92 Å². The summed E-state index contributed by atoms with van der Waals surface area (Å²) in [6.45, 7) is 2.41. The van der Waals surface area contributed by atoms with Gasteiger partial charge in [-0.2, -0.15) is 0 Å². The number of hydrogen-bond acceptors (Lipinski definition) is 5. The maximum Gasteiger partial charge on any atom is 0.238 e. The smallest absolute Gasteiger partial charge is 0.238 e. The fourth-order valence-electron chi connectivity index (χ4n) is 1.70. The monoisotopic (exact) mass is 308 g/mol. The summed E-state index contributed by atoms with van der Waals surface area (Å²) in [5, 5.41) is 5.09. The molecule has 7 heteroatoms. The van der Waals surface area contributed by atoms with Crippen LogP contribution in [-0.4, -0.2) is 15.0 Å². The van der Waals surface area contributed by atoms with Gasteiger partial charge in [0.05, 0.1) is 17.2 Å². The molecule has 0 bridgehead atoms. The lowest BCUT2D eigenvalue weighted by molar-refractivity contribution is 0.338. The van der Waals surface area contributed by atoms with Gasteiger partial charge in [-0.3, -0.25) is 0 Å². The first kappa shape index (κ1) is 15.1. The van der Waals surface area contributed by atoms with Crippen molar-refractivity contribution in [3.8, 4) is 17.2 Å². The Kier molecular flexibility index (Phi) is 4.35. The third kappa shape index (κ3) is 3.87. The Hall–Kier alpha value is -2.25. The molecule has 112 valence electrons. The van der Waals surface area contributed by atoms with Crippen LogP contribution in [0.2, 0.25) is 0 Å². The predicted molar refractivity (Wildman–Crippen MR) is 79.9 cm³/mol. The van der Waals surface area contributed by atoms with Gasteiger partial charge in [0.15, 0.2) is 5.75 Å². The topological polar surface area (TPSA) is 105 Å². The average Bonchev–Trinajstić information content (AvgIpc) is 2.41. The van der Waals surface area contributed by atoms with Crippen LogP contribution < -0.4 is 20.3 Å². The maximum absolute atomic E-state index is 11.3. The van der Waals surface area contributed by atoms with E-state index in [0.717, 1.165) is 0 Å². The van der Waals surface area contributed by atoms with E-state index in [-0.39, 0.29) is 10.6 Å². The minimum atomic E-state index is -3.81. The summed E-state index contributed by atoms with van der Waals surface area (Å²) >= 11 is 0. The molecule has 2 rings (SSSR count). The summed E-state index contributed by atoms with van der Waals surface area (Å²) in [5.74, 6) is 1.35. The number of hydrogen-bond donors (Lipinski definition) is 2. The second kappa shape index (κ2) is 6.02. The Labute approximate surface area is 123 Å². The van der Waals surface area contributed by atoms with Crippen LogP contribution in [0.15, 0.2) is 47.4 Å². The fraction of sp³-hybridized carbons (Fsp3) is 0.143. The quantitative estimate of drug-likeness (QED) is 0.823. The molecule has 0 atom stereocenters. The number of benzene rings is 2. The highest BCUT2D eigenvalue weighted by molar-refractivity contribution is 7.89. The average molecular weight is 308 g/mol. The van der Waals surface area contributed by atoms with Crippen molar-refractivity contribution in [1.29, 1.82) is 0 Å². The van der Waals surface area contributed by atoms with Crippen LogP contribution in [-0.2, 0) is 10.0 Å². The summed E-state index contributed by atoms with van der Waals surface area (Å²) in [6, 6.07) is 11.0. The first-order chi connectivity index (χ1) is 9.90. The highest BCUT2D eigenvalue weighted by Gasteiger charge is 2.12. The predicted octanol–water partition coefficient (Wildman–Crippen LogP) is 2.11. The standard InChI is InChI=1S/C14H16N2O4S/c1-2-19-10-4-3-5-11(8-10)20-14-9-12(21(16,17)18)6-7-13(14)15/h3-9H,2,15H2,1H3,(H2,16,17,18). The molecule has 0 aliphatic rings. The number of sulfonamides is 1. The van der Waals surface area contributed by atoms with E-state index < -0.39 is 10.0 Å². The summed E-state index contributed by atoms with van der Waals surface area (Å²) in [5.41, 5.74) is 6.09. The molecule has 6 nitrogen and oxygen atoms in total. The number of nitrogens with two attached hydrogens (primary N) is 2. The SMILES string of the molecule is CCOc1cccc(Oc2cc(S(N)(=O)=O)ccc2N)c1. The van der Waals surface area contributed by atoms with E-state index in [4.69, 9.17) is 20.3 Å². The van der Waals surface area contributed by atoms with Crippen molar-refractivity contribution in [2.75, 3.05) is 12.3 Å². The van der Waals surface area contributed by atoms with Crippen LogP contribution in [0.4, 0.5) is 5.69 Å². The van der Waals surface area contributed by atoms with Crippen LogP contribution >= 0.6 is 0 Å². The van der Waals surface area contributed by atoms with E-state index in [1.165, 1.54) is 18.2 Å². The minimum absolute atomic E-state index is 0.0623. The molecule has 21 heavy (non-hydrogen) atoms. The second-order valence-electron chi connectivity index (χ2n) is 4.25. The molecular weight excluding hydrogens is 292 g/mol. The maximum atomic E-state index is 11.3. The van der Waals surface area contributed by atoms with E-state index in [1.54, 1.807) is 24.3 Å². The molecule has 0 aromatic heterocycles. The van der Waals surface area contributed by atoms with Gasteiger partial charge in [-0.25, -0.2) is 13.6 Å². The zero-order chi connectivity index (χ0) is 15.5. The van der Waals surface area contributed by atoms with Crippen LogP contribution in [0.3, 0.4) is 0 Å². The van der Waals surface area contributed by atoms with Crippen LogP contribution in [0.5, 0.6) is 17.2 Å². The van der Waals surface area contributed by atoms with E-state index in [1.807, 2.05) is 6.92 Å². The zero-order valence-corrected chi connectivity index (χ0v) is 12.3. The van der Waals surface area contributed by atoms with Crippen molar-refractivity contribution < 1.29 is 17.9 Å². The molecule has 0 aliphatic carbocycles. The first-order valence-corrected chi connectivity index (χ1v) is 7.78. The van der Waals surface area contributed by atoms with E-state index in [0.29, 0.717) is 23.8 Å². The Morgan fingerprint density at radius 3 is 2.48 bits per heavy atom. The number of ether oxygens (including phenoxy) is 2. The molecule has 4 N–H and O–H groups in total. The molecule has 0 spiro atoms. The third-order valence-corrected chi connectivity index (χ3v) is 3.57. The van der Waals surface area contributed by atoms with Gasteiger partial charge in [-0.1, -0.05) is 6.07 Å². The fourth-order valence-corrected chi connectivity index (χ4v) is 2.23. The molecule has 0 saturated carbocycles. The van der Waals surface area contributed by atoms with Crippen molar-refractivity contribution in [3.05, 3.63) is 42.5 Å². The van der Waals surface area contributed by atoms with E-state index >= 15 is 0 Å². The summed E-state index contributed by atoms with van der Waals surface area (Å²) in [7, 11) is -3.81. The van der Waals surface area contributed by atoms with Gasteiger partial charge in [0, 0.05) is 12.1 Å². The van der Waals surface area contributed by atoms with Crippen LogP contribution in [0, 0.1) is 0 Å². The Morgan fingerprint density at radius 1 is 1.10 bits per heavy atom. The van der Waals surface area contributed by atoms with Crippen molar-refractivity contribution >= 4 is 15.7 Å². The van der Waals surface area contributed by atoms with Gasteiger partial charge in [-0.05, 0) is 31.2 Å². The van der Waals surface area contributed by atoms with Crippen molar-refractivity contribution in [2.45, 2.75) is 11.8 Å². The number of rotatable bonds is 5. The van der Waals surface area contributed by atoms with Crippen molar-refractivity contribution in [2.24, 2.45) is 5.14 Å². The molecule has 0 aliphatic heterocycles. The van der Waals surface area contributed by atoms with Crippen LogP contribution in [0.25, 0.3) is 0 Å². The largest absolute Gasteiger partial charge is 0.494 e. The molecule has 0 radical (unpaired) electrons. The van der Waals surface area contributed by atoms with E-state index in [2.05, 4.69) is 0 Å². The third-order valence-electron chi connectivity index (χ3n) is 2.66. The van der Waals surface area contributed by atoms with Crippen molar-refractivity contribution in [3.63, 3.8) is 0 Å². The molecule has 2 aromatic rings. The van der Waals surface area contributed by atoms with Gasteiger partial charge in [0.1, 0.15) is 11.5 Å². The van der Waals surface area contributed by atoms with Gasteiger partial charge >= 0.3 is 0 Å². The molecule has 0 saturated heterocycles. The molecular formula is C14H16N2O4S. The van der Waals surface area contributed by atoms with Gasteiger partial charge < -0.3 is 15.2 Å². The number of anilines is 1. The lowest BCUT2D eigenvalue weighted by Gasteiger charge is -2.11. The lowest BCUT2D eigenvalue weighted by atomic mass is 10.3. The Morgan fingerprint density at radius 2 is 1.81 bits per heavy atom. The Balaban J connectivity index is 2.33. The molecule has 0 heterocycles. The molecule has 0 fully saturated rings. The molecule has 0 amide bonds. The second-order valence-corrected chi connectivity index (χ2v) is 5.82. The first-order valence-electron chi connectivity index (χ1n) is 6.23. The van der Waals surface area contributed by atoms with Gasteiger partial charge in [0.2, 0.25) is 10.0 Å².